The second-order valence-electron chi connectivity index (χ2n) is 14.6. The number of hydrogen-bond acceptors (Lipinski definition) is 11. The summed E-state index contributed by atoms with van der Waals surface area (Å²) in [5.74, 6) is -0.393. The lowest BCUT2D eigenvalue weighted by atomic mass is 9.81. The largest absolute Gasteiger partial charge is 0.498 e. The van der Waals surface area contributed by atoms with Crippen LogP contribution in [0.25, 0.3) is 6.08 Å². The van der Waals surface area contributed by atoms with Crippen LogP contribution in [0.4, 0.5) is 0 Å². The third-order valence-corrected chi connectivity index (χ3v) is 9.04. The summed E-state index contributed by atoms with van der Waals surface area (Å²) in [6.07, 6.45) is 31.8. The molecule has 54 heavy (non-hydrogen) atoms. The molecular formula is C43H58N2O9. The van der Waals surface area contributed by atoms with Gasteiger partial charge in [0.2, 0.25) is 5.89 Å². The van der Waals surface area contributed by atoms with Crippen LogP contribution in [0.15, 0.2) is 101 Å². The van der Waals surface area contributed by atoms with Crippen molar-refractivity contribution in [2.24, 2.45) is 10.8 Å². The molecule has 2 aromatic heterocycles. The normalized spacial score (nSPS) is 18.6. The first-order chi connectivity index (χ1) is 25.8. The van der Waals surface area contributed by atoms with Gasteiger partial charge in [0.1, 0.15) is 30.8 Å². The monoisotopic (exact) mass is 746 g/mol. The maximum absolute atomic E-state index is 13.2. The van der Waals surface area contributed by atoms with Gasteiger partial charge in [-0.3, -0.25) is 0 Å². The van der Waals surface area contributed by atoms with Crippen molar-refractivity contribution in [1.82, 2.24) is 9.97 Å². The Morgan fingerprint density at radius 2 is 1.52 bits per heavy atom. The quantitative estimate of drug-likeness (QED) is 0.0382. The Hall–Kier alpha value is -4.74. The smallest absolute Gasteiger partial charge is 0.360 e. The number of ether oxygens (including phenoxy) is 4. The molecule has 1 saturated heterocycles. The first-order valence-corrected chi connectivity index (χ1v) is 18.5. The molecule has 0 aliphatic carbocycles. The van der Waals surface area contributed by atoms with Crippen LogP contribution in [-0.2, 0) is 25.4 Å². The number of methoxy groups -OCH3 is 1. The maximum atomic E-state index is 13.2. The van der Waals surface area contributed by atoms with Crippen molar-refractivity contribution < 1.29 is 42.5 Å². The van der Waals surface area contributed by atoms with E-state index in [0.717, 1.165) is 12.8 Å². The van der Waals surface area contributed by atoms with Crippen LogP contribution in [0.1, 0.15) is 113 Å². The van der Waals surface area contributed by atoms with Gasteiger partial charge in [-0.2, -0.15) is 0 Å². The fraction of sp³-hybridized carbons (Fsp3) is 0.488. The third-order valence-electron chi connectivity index (χ3n) is 9.04. The van der Waals surface area contributed by atoms with Crippen molar-refractivity contribution in [3.05, 3.63) is 115 Å². The van der Waals surface area contributed by atoms with Gasteiger partial charge in [0, 0.05) is 30.8 Å². The lowest BCUT2D eigenvalue weighted by Crippen LogP contribution is -2.33. The number of esters is 2. The van der Waals surface area contributed by atoms with Crippen LogP contribution in [0.5, 0.6) is 0 Å². The molecule has 0 saturated carbocycles. The van der Waals surface area contributed by atoms with E-state index >= 15 is 0 Å². The van der Waals surface area contributed by atoms with Crippen molar-refractivity contribution >= 4 is 18.0 Å². The highest BCUT2D eigenvalue weighted by Crippen LogP contribution is 2.33. The molecule has 0 bridgehead atoms. The van der Waals surface area contributed by atoms with E-state index in [1.165, 1.54) is 19.6 Å². The van der Waals surface area contributed by atoms with Crippen molar-refractivity contribution in [2.45, 2.75) is 118 Å². The molecular weight excluding hydrogens is 688 g/mol. The van der Waals surface area contributed by atoms with Gasteiger partial charge in [-0.05, 0) is 51.5 Å². The lowest BCUT2D eigenvalue weighted by molar-refractivity contribution is -0.00641. The summed E-state index contributed by atoms with van der Waals surface area (Å²) in [7, 11) is 1.28. The first-order valence-electron chi connectivity index (χ1n) is 18.5. The summed E-state index contributed by atoms with van der Waals surface area (Å²) in [6, 6.07) is 0. The predicted molar refractivity (Wildman–Crippen MR) is 208 cm³/mol. The van der Waals surface area contributed by atoms with Crippen molar-refractivity contribution in [3.63, 3.8) is 0 Å². The minimum Gasteiger partial charge on any atom is -0.498 e. The average Bonchev–Trinajstić information content (AvgIpc) is 3.47. The number of nitrogens with zero attached hydrogens (tertiary/aromatic N) is 2. The van der Waals surface area contributed by atoms with Gasteiger partial charge >= 0.3 is 11.9 Å². The van der Waals surface area contributed by atoms with E-state index in [2.05, 4.69) is 54.6 Å². The van der Waals surface area contributed by atoms with Crippen LogP contribution in [0, 0.1) is 10.8 Å². The van der Waals surface area contributed by atoms with E-state index in [1.807, 2.05) is 75.5 Å². The van der Waals surface area contributed by atoms with Gasteiger partial charge in [-0.1, -0.05) is 94.5 Å². The molecule has 0 spiro atoms. The molecule has 1 N–H and O–H groups in total. The highest BCUT2D eigenvalue weighted by atomic mass is 16.6. The summed E-state index contributed by atoms with van der Waals surface area (Å²) in [6.45, 7) is 14.2. The fourth-order valence-electron chi connectivity index (χ4n) is 5.20. The van der Waals surface area contributed by atoms with Gasteiger partial charge < -0.3 is 32.9 Å². The first kappa shape index (κ1) is 43.7. The van der Waals surface area contributed by atoms with Crippen LogP contribution >= 0.6 is 0 Å². The lowest BCUT2D eigenvalue weighted by Gasteiger charge is -2.32. The highest BCUT2D eigenvalue weighted by molar-refractivity contribution is 5.87. The Bertz CT molecular complexity index is 1670. The Kier molecular flexibility index (Phi) is 17.7. The van der Waals surface area contributed by atoms with Gasteiger partial charge in [-0.25, -0.2) is 19.6 Å². The number of aromatic nitrogens is 2. The van der Waals surface area contributed by atoms with E-state index in [0.29, 0.717) is 31.6 Å². The van der Waals surface area contributed by atoms with Gasteiger partial charge in [0.05, 0.1) is 25.6 Å². The van der Waals surface area contributed by atoms with Crippen molar-refractivity contribution in [1.29, 1.82) is 0 Å². The summed E-state index contributed by atoms with van der Waals surface area (Å²) < 4.78 is 33.0. The molecule has 0 radical (unpaired) electrons. The molecule has 294 valence electrons. The molecule has 3 rings (SSSR count). The molecule has 3 heterocycles. The molecule has 1 fully saturated rings. The zero-order valence-electron chi connectivity index (χ0n) is 33.0. The molecule has 11 nitrogen and oxygen atoms in total. The van der Waals surface area contributed by atoms with Crippen LogP contribution in [-0.4, -0.2) is 64.6 Å². The number of carbonyl (C=O) groups is 2. The summed E-state index contributed by atoms with van der Waals surface area (Å²) in [5, 5.41) is 10.5. The fourth-order valence-corrected chi connectivity index (χ4v) is 5.20. The molecule has 1 aliphatic rings. The van der Waals surface area contributed by atoms with E-state index in [1.54, 1.807) is 18.4 Å². The van der Waals surface area contributed by atoms with Crippen molar-refractivity contribution in [3.8, 4) is 0 Å². The second-order valence-corrected chi connectivity index (χ2v) is 14.6. The molecule has 0 unspecified atom stereocenters. The number of rotatable bonds is 23. The number of carbonyl (C=O) groups excluding carboxylic acids is 2. The summed E-state index contributed by atoms with van der Waals surface area (Å²) in [5.41, 5.74) is -0.320. The minimum absolute atomic E-state index is 0.0512. The number of allylic oxidation sites excluding steroid dienone is 7. The van der Waals surface area contributed by atoms with Gasteiger partial charge in [0.25, 0.3) is 0 Å². The van der Waals surface area contributed by atoms with E-state index in [4.69, 9.17) is 23.0 Å². The predicted octanol–water partition coefficient (Wildman–Crippen LogP) is 9.10. The zero-order valence-corrected chi connectivity index (χ0v) is 33.0. The molecule has 0 amide bonds. The van der Waals surface area contributed by atoms with Crippen molar-refractivity contribution in [2.75, 3.05) is 7.11 Å². The minimum atomic E-state index is -0.559. The summed E-state index contributed by atoms with van der Waals surface area (Å²) in [4.78, 5) is 33.1. The molecule has 5 atom stereocenters. The van der Waals surface area contributed by atoms with Crippen LogP contribution in [0.3, 0.4) is 0 Å². The highest BCUT2D eigenvalue weighted by Gasteiger charge is 2.35. The van der Waals surface area contributed by atoms with E-state index < -0.39 is 24.1 Å². The van der Waals surface area contributed by atoms with E-state index in [-0.39, 0.29) is 46.4 Å². The molecule has 0 aromatic carbocycles. The molecule has 2 aromatic rings. The second kappa shape index (κ2) is 21.8. The maximum Gasteiger partial charge on any atom is 0.360 e. The summed E-state index contributed by atoms with van der Waals surface area (Å²) >= 11 is 0. The Morgan fingerprint density at radius 1 is 0.833 bits per heavy atom. The Balaban J connectivity index is 1.46. The van der Waals surface area contributed by atoms with Gasteiger partial charge in [-0.15, -0.1) is 0 Å². The van der Waals surface area contributed by atoms with E-state index in [9.17, 15) is 14.7 Å². The number of oxazole rings is 2. The average molecular weight is 747 g/mol. The SMILES string of the molecule is C/C=C/CC(C)(C)[C@H](C/C=C\[C@H]1O[C@H]1/C=C/C=C\c1nc(C(=O)OC)co1)OC(=O)c1coc(C/C=C\C[C@H](C)O/C=C\C[C@H](O)C(C)(C)C/C=C/C)n1. The number of epoxide rings is 1. The topological polar surface area (TPSA) is 147 Å². The van der Waals surface area contributed by atoms with Crippen LogP contribution in [0.2, 0.25) is 0 Å². The standard InChI is InChI=1S/C43H58N2O9/c1-9-11-26-42(4,5)36(46)22-18-28-50-31(3)19-13-15-24-39-45-33(30-52-39)41(48)54-37(43(6,7)27-12-10-2)23-17-21-35-34(53-35)20-14-16-25-38-44-32(29-51-38)40(47)49-8/h9-18,20-21,25,28-31,34-37,46H,19,22-24,26-27H2,1-8H3/b11-9+,12-10+,15-13-,20-14+,21-17-,25-16-,28-18-/t31-,34-,35+,36-,37-/m0/s1. The Morgan fingerprint density at radius 3 is 2.24 bits per heavy atom. The Labute approximate surface area is 320 Å². The molecule has 11 heteroatoms. The third kappa shape index (κ3) is 14.9. The number of aliphatic hydroxyl groups is 1. The number of aliphatic hydroxyl groups excluding tert-OH is 1. The number of hydrogen-bond donors (Lipinski definition) is 1. The zero-order chi connectivity index (χ0) is 39.6. The van der Waals surface area contributed by atoms with Gasteiger partial charge in [0.15, 0.2) is 17.3 Å². The molecule has 1 aliphatic heterocycles. The van der Waals surface area contributed by atoms with Crippen LogP contribution < -0.4 is 0 Å².